The van der Waals surface area contributed by atoms with Crippen molar-refractivity contribution in [2.24, 2.45) is 0 Å². The summed E-state index contributed by atoms with van der Waals surface area (Å²) in [5.74, 6) is 0.0510. The molecule has 0 unspecified atom stereocenters. The van der Waals surface area contributed by atoms with Crippen LogP contribution in [-0.4, -0.2) is 34.2 Å². The van der Waals surface area contributed by atoms with Crippen molar-refractivity contribution in [3.8, 4) is 5.75 Å². The molecule has 23 heavy (non-hydrogen) atoms. The number of hydrogen-bond acceptors (Lipinski definition) is 3. The molecule has 1 amide bonds. The number of nitrogens with zero attached hydrogens (tertiary/aromatic N) is 1. The van der Waals surface area contributed by atoms with E-state index >= 15 is 0 Å². The Morgan fingerprint density at radius 3 is 2.83 bits per heavy atom. The molecular formula is C18H16N2O3. The highest BCUT2D eigenvalue weighted by Gasteiger charge is 2.14. The number of aldehydes is 1. The molecule has 0 aliphatic carbocycles. The van der Waals surface area contributed by atoms with Gasteiger partial charge in [-0.2, -0.15) is 0 Å². The maximum atomic E-state index is 12.5. The number of aromatic hydroxyl groups is 1. The molecule has 0 aliphatic heterocycles. The summed E-state index contributed by atoms with van der Waals surface area (Å²) in [4.78, 5) is 28.0. The van der Waals surface area contributed by atoms with Gasteiger partial charge in [-0.25, -0.2) is 0 Å². The van der Waals surface area contributed by atoms with Crippen LogP contribution >= 0.6 is 0 Å². The van der Waals surface area contributed by atoms with Gasteiger partial charge in [-0.3, -0.25) is 9.59 Å². The molecule has 0 atom stereocenters. The lowest BCUT2D eigenvalue weighted by Gasteiger charge is -2.17. The van der Waals surface area contributed by atoms with Gasteiger partial charge >= 0.3 is 0 Å². The average Bonchev–Trinajstić information content (AvgIpc) is 2.96. The van der Waals surface area contributed by atoms with Crippen molar-refractivity contribution >= 4 is 23.1 Å². The van der Waals surface area contributed by atoms with Crippen molar-refractivity contribution in [3.63, 3.8) is 0 Å². The summed E-state index contributed by atoms with van der Waals surface area (Å²) < 4.78 is 0. The van der Waals surface area contributed by atoms with E-state index in [2.05, 4.69) is 4.98 Å². The molecule has 3 rings (SSSR count). The Morgan fingerprint density at radius 1 is 1.26 bits per heavy atom. The zero-order valence-corrected chi connectivity index (χ0v) is 12.6. The number of fused-ring (bicyclic) bond motifs is 1. The van der Waals surface area contributed by atoms with Crippen LogP contribution in [0.3, 0.4) is 0 Å². The molecule has 0 radical (unpaired) electrons. The minimum absolute atomic E-state index is 0.127. The average molecular weight is 308 g/mol. The molecule has 3 aromatic rings. The van der Waals surface area contributed by atoms with E-state index < -0.39 is 0 Å². The molecule has 2 N–H and O–H groups in total. The van der Waals surface area contributed by atoms with Gasteiger partial charge in [-0.1, -0.05) is 18.2 Å². The molecule has 5 nitrogen and oxygen atoms in total. The highest BCUT2D eigenvalue weighted by molar-refractivity contribution is 6.02. The largest absolute Gasteiger partial charge is 0.508 e. The van der Waals surface area contributed by atoms with E-state index in [1.165, 1.54) is 0 Å². The van der Waals surface area contributed by atoms with Crippen molar-refractivity contribution in [2.45, 2.75) is 6.54 Å². The number of carbonyl (C=O) groups excluding carboxylic acids is 2. The molecule has 0 aliphatic rings. The fourth-order valence-corrected chi connectivity index (χ4v) is 2.60. The predicted octanol–water partition coefficient (Wildman–Crippen LogP) is 2.96. The molecule has 116 valence electrons. The monoisotopic (exact) mass is 308 g/mol. The van der Waals surface area contributed by atoms with Crippen LogP contribution in [0.2, 0.25) is 0 Å². The second-order valence-electron chi connectivity index (χ2n) is 5.45. The van der Waals surface area contributed by atoms with Gasteiger partial charge in [0.15, 0.2) is 6.29 Å². The number of aromatic amines is 1. The van der Waals surface area contributed by atoms with E-state index in [-0.39, 0.29) is 11.7 Å². The second-order valence-corrected chi connectivity index (χ2v) is 5.45. The second kappa shape index (κ2) is 5.96. The first-order valence-corrected chi connectivity index (χ1v) is 7.18. The summed E-state index contributed by atoms with van der Waals surface area (Å²) in [5, 5.41) is 10.3. The van der Waals surface area contributed by atoms with Crippen molar-refractivity contribution in [1.29, 1.82) is 0 Å². The third-order valence-electron chi connectivity index (χ3n) is 3.76. The third-order valence-corrected chi connectivity index (χ3v) is 3.76. The molecule has 1 heterocycles. The van der Waals surface area contributed by atoms with Crippen molar-refractivity contribution < 1.29 is 14.7 Å². The highest BCUT2D eigenvalue weighted by Crippen LogP contribution is 2.20. The first-order chi connectivity index (χ1) is 11.1. The van der Waals surface area contributed by atoms with Crippen LogP contribution in [0.5, 0.6) is 5.75 Å². The number of carbonyl (C=O) groups is 2. The van der Waals surface area contributed by atoms with Gasteiger partial charge in [0.1, 0.15) is 5.75 Å². The third kappa shape index (κ3) is 2.94. The normalized spacial score (nSPS) is 10.7. The van der Waals surface area contributed by atoms with Gasteiger partial charge in [0.05, 0.1) is 0 Å². The van der Waals surface area contributed by atoms with Crippen LogP contribution in [0.25, 0.3) is 10.9 Å². The Labute approximate surface area is 133 Å². The fraction of sp³-hybridized carbons (Fsp3) is 0.111. The molecule has 0 fully saturated rings. The first-order valence-electron chi connectivity index (χ1n) is 7.18. The van der Waals surface area contributed by atoms with Crippen molar-refractivity contribution in [2.75, 3.05) is 7.05 Å². The zero-order chi connectivity index (χ0) is 16.4. The number of aromatic nitrogens is 1. The number of phenolic OH excluding ortho intramolecular Hbond substituents is 1. The molecule has 0 saturated heterocycles. The van der Waals surface area contributed by atoms with Gasteiger partial charge in [-0.05, 0) is 29.8 Å². The Morgan fingerprint density at radius 2 is 2.09 bits per heavy atom. The number of H-pyrrole nitrogens is 1. The fourth-order valence-electron chi connectivity index (χ4n) is 2.60. The maximum Gasteiger partial charge on any atom is 0.253 e. The Kier molecular flexibility index (Phi) is 3.85. The van der Waals surface area contributed by atoms with Crippen LogP contribution in [-0.2, 0) is 6.54 Å². The van der Waals surface area contributed by atoms with Gasteiger partial charge in [-0.15, -0.1) is 0 Å². The van der Waals surface area contributed by atoms with Gasteiger partial charge in [0.25, 0.3) is 5.91 Å². The van der Waals surface area contributed by atoms with E-state index in [9.17, 15) is 14.7 Å². The number of phenols is 1. The molecule has 2 aromatic carbocycles. The lowest BCUT2D eigenvalue weighted by molar-refractivity contribution is 0.0785. The van der Waals surface area contributed by atoms with Gasteiger partial charge < -0.3 is 15.0 Å². The number of benzene rings is 2. The van der Waals surface area contributed by atoms with Crippen molar-refractivity contribution in [1.82, 2.24) is 9.88 Å². The predicted molar refractivity (Wildman–Crippen MR) is 87.6 cm³/mol. The quantitative estimate of drug-likeness (QED) is 0.728. The van der Waals surface area contributed by atoms with E-state index in [1.807, 2.05) is 6.07 Å². The van der Waals surface area contributed by atoms with Crippen LogP contribution in [0.1, 0.15) is 26.3 Å². The molecule has 0 saturated carbocycles. The Hall–Kier alpha value is -3.08. The smallest absolute Gasteiger partial charge is 0.253 e. The molecule has 0 spiro atoms. The minimum Gasteiger partial charge on any atom is -0.508 e. The summed E-state index contributed by atoms with van der Waals surface area (Å²) in [6.45, 7) is 0.398. The number of hydrogen-bond donors (Lipinski definition) is 2. The van der Waals surface area contributed by atoms with Gasteiger partial charge in [0.2, 0.25) is 0 Å². The molecule has 5 heteroatoms. The number of amides is 1. The lowest BCUT2D eigenvalue weighted by Crippen LogP contribution is -2.26. The van der Waals surface area contributed by atoms with Crippen LogP contribution in [0, 0.1) is 0 Å². The summed E-state index contributed by atoms with van der Waals surface area (Å²) in [6.07, 6.45) is 2.41. The highest BCUT2D eigenvalue weighted by atomic mass is 16.3. The SMILES string of the molecule is CN(Cc1cccc(O)c1)C(=O)c1ccc2c(C=O)c[nH]c2c1. The van der Waals surface area contributed by atoms with Gasteiger partial charge in [0, 0.05) is 41.8 Å². The van der Waals surface area contributed by atoms with Crippen LogP contribution < -0.4 is 0 Å². The molecule has 1 aromatic heterocycles. The number of rotatable bonds is 4. The number of nitrogens with one attached hydrogen (secondary N) is 1. The zero-order valence-electron chi connectivity index (χ0n) is 12.6. The van der Waals surface area contributed by atoms with E-state index in [0.29, 0.717) is 17.7 Å². The van der Waals surface area contributed by atoms with Crippen molar-refractivity contribution in [3.05, 3.63) is 65.4 Å². The summed E-state index contributed by atoms with van der Waals surface area (Å²) in [6, 6.07) is 12.0. The minimum atomic E-state index is -0.127. The standard InChI is InChI=1S/C18H16N2O3/c1-20(10-12-3-2-4-15(22)7-12)18(23)13-5-6-16-14(11-21)9-19-17(16)8-13/h2-9,11,19,22H,10H2,1H3. The lowest BCUT2D eigenvalue weighted by atomic mass is 10.1. The van der Waals surface area contributed by atoms with E-state index in [0.717, 1.165) is 22.8 Å². The maximum absolute atomic E-state index is 12.5. The summed E-state index contributed by atoms with van der Waals surface area (Å²) in [7, 11) is 1.71. The van der Waals surface area contributed by atoms with E-state index in [1.54, 1.807) is 54.5 Å². The topological polar surface area (TPSA) is 73.4 Å². The molecule has 0 bridgehead atoms. The van der Waals surface area contributed by atoms with E-state index in [4.69, 9.17) is 0 Å². The van der Waals surface area contributed by atoms with Crippen LogP contribution in [0.4, 0.5) is 0 Å². The first kappa shape index (κ1) is 14.8. The summed E-state index contributed by atoms with van der Waals surface area (Å²) in [5.41, 5.74) is 2.72. The molecular weight excluding hydrogens is 292 g/mol. The Bertz CT molecular complexity index is 883. The van der Waals surface area contributed by atoms with Crippen LogP contribution in [0.15, 0.2) is 48.7 Å². The Balaban J connectivity index is 1.83. The summed E-state index contributed by atoms with van der Waals surface area (Å²) >= 11 is 0.